The van der Waals surface area contributed by atoms with E-state index in [9.17, 15) is 9.59 Å². The number of benzene rings is 1. The number of aromatic nitrogens is 1. The lowest BCUT2D eigenvalue weighted by atomic mass is 10.1. The summed E-state index contributed by atoms with van der Waals surface area (Å²) in [4.78, 5) is 27.2. The Kier molecular flexibility index (Phi) is 4.37. The van der Waals surface area contributed by atoms with Crippen LogP contribution in [0.1, 0.15) is 30.1 Å². The van der Waals surface area contributed by atoms with E-state index in [4.69, 9.17) is 0 Å². The second-order valence-corrected chi connectivity index (χ2v) is 5.25. The summed E-state index contributed by atoms with van der Waals surface area (Å²) >= 11 is 3.33. The standard InChI is InChI=1S/C14H15BrN2O2/c1-2-3-6-16-14(19)11-8-17-12-5-4-9(15)7-10(12)13(11)18/h4-5,7-8H,2-3,6H2,1H3,(H,16,19)(H,17,18). The van der Waals surface area contributed by atoms with Crippen LogP contribution in [0.3, 0.4) is 0 Å². The first-order valence-corrected chi connectivity index (χ1v) is 7.02. The molecule has 4 nitrogen and oxygen atoms in total. The number of unbranched alkanes of at least 4 members (excludes halogenated alkanes) is 1. The van der Waals surface area contributed by atoms with Gasteiger partial charge in [0.05, 0.1) is 0 Å². The monoisotopic (exact) mass is 322 g/mol. The van der Waals surface area contributed by atoms with Crippen molar-refractivity contribution < 1.29 is 4.79 Å². The molecule has 0 bridgehead atoms. The first-order valence-electron chi connectivity index (χ1n) is 6.22. The lowest BCUT2D eigenvalue weighted by Crippen LogP contribution is -2.29. The lowest BCUT2D eigenvalue weighted by Gasteiger charge is -2.05. The first-order chi connectivity index (χ1) is 9.13. The van der Waals surface area contributed by atoms with E-state index in [0.717, 1.165) is 22.8 Å². The molecule has 2 aromatic rings. The third kappa shape index (κ3) is 3.04. The van der Waals surface area contributed by atoms with E-state index in [0.29, 0.717) is 11.9 Å². The Balaban J connectivity index is 2.37. The van der Waals surface area contributed by atoms with Gasteiger partial charge in [0.15, 0.2) is 0 Å². The van der Waals surface area contributed by atoms with E-state index in [1.165, 1.54) is 6.20 Å². The maximum absolute atomic E-state index is 12.3. The molecule has 1 aromatic carbocycles. The fourth-order valence-electron chi connectivity index (χ4n) is 1.83. The fraction of sp³-hybridized carbons (Fsp3) is 0.286. The Labute approximate surface area is 119 Å². The smallest absolute Gasteiger partial charge is 0.256 e. The Morgan fingerprint density at radius 1 is 1.42 bits per heavy atom. The number of hydrogen-bond acceptors (Lipinski definition) is 2. The van der Waals surface area contributed by atoms with Gasteiger partial charge in [-0.2, -0.15) is 0 Å². The molecule has 1 heterocycles. The van der Waals surface area contributed by atoms with Crippen LogP contribution in [0.15, 0.2) is 33.7 Å². The summed E-state index contributed by atoms with van der Waals surface area (Å²) < 4.78 is 0.814. The molecule has 2 rings (SSSR count). The molecule has 5 heteroatoms. The van der Waals surface area contributed by atoms with E-state index in [-0.39, 0.29) is 16.9 Å². The van der Waals surface area contributed by atoms with Crippen LogP contribution in [0.4, 0.5) is 0 Å². The van der Waals surface area contributed by atoms with Crippen LogP contribution in [-0.4, -0.2) is 17.4 Å². The van der Waals surface area contributed by atoms with Crippen LogP contribution in [0, 0.1) is 0 Å². The third-order valence-corrected chi connectivity index (χ3v) is 3.40. The fourth-order valence-corrected chi connectivity index (χ4v) is 2.19. The van der Waals surface area contributed by atoms with Gasteiger partial charge in [-0.25, -0.2) is 0 Å². The number of aromatic amines is 1. The second-order valence-electron chi connectivity index (χ2n) is 4.33. The molecule has 0 aliphatic carbocycles. The molecule has 0 radical (unpaired) electrons. The Hall–Kier alpha value is -1.62. The molecule has 0 saturated heterocycles. The number of pyridine rings is 1. The van der Waals surface area contributed by atoms with Crippen molar-refractivity contribution in [1.29, 1.82) is 0 Å². The molecule has 19 heavy (non-hydrogen) atoms. The molecule has 2 N–H and O–H groups in total. The molecule has 1 aromatic heterocycles. The third-order valence-electron chi connectivity index (χ3n) is 2.90. The van der Waals surface area contributed by atoms with Gasteiger partial charge < -0.3 is 10.3 Å². The highest BCUT2D eigenvalue weighted by Gasteiger charge is 2.12. The molecular weight excluding hydrogens is 308 g/mol. The maximum Gasteiger partial charge on any atom is 0.256 e. The van der Waals surface area contributed by atoms with Gasteiger partial charge in [-0.15, -0.1) is 0 Å². The summed E-state index contributed by atoms with van der Waals surface area (Å²) in [6.07, 6.45) is 3.38. The summed E-state index contributed by atoms with van der Waals surface area (Å²) in [6, 6.07) is 5.37. The number of amides is 1. The summed E-state index contributed by atoms with van der Waals surface area (Å²) in [5.74, 6) is -0.323. The number of carbonyl (C=O) groups excluding carboxylic acids is 1. The molecule has 1 amide bonds. The van der Waals surface area contributed by atoms with Crippen LogP contribution in [0.2, 0.25) is 0 Å². The SMILES string of the molecule is CCCCNC(=O)c1c[nH]c2ccc(Br)cc2c1=O. The quantitative estimate of drug-likeness (QED) is 0.850. The highest BCUT2D eigenvalue weighted by atomic mass is 79.9. The number of H-pyrrole nitrogens is 1. The largest absolute Gasteiger partial charge is 0.360 e. The predicted molar refractivity (Wildman–Crippen MR) is 79.5 cm³/mol. The first kappa shape index (κ1) is 13.8. The van der Waals surface area contributed by atoms with Crippen molar-refractivity contribution >= 4 is 32.7 Å². The van der Waals surface area contributed by atoms with Gasteiger partial charge in [0.2, 0.25) is 5.43 Å². The minimum absolute atomic E-state index is 0.154. The molecule has 0 aliphatic heterocycles. The van der Waals surface area contributed by atoms with Crippen LogP contribution >= 0.6 is 15.9 Å². The van der Waals surface area contributed by atoms with Gasteiger partial charge in [0, 0.05) is 28.1 Å². The number of rotatable bonds is 4. The maximum atomic E-state index is 12.3. The highest BCUT2D eigenvalue weighted by molar-refractivity contribution is 9.10. The van der Waals surface area contributed by atoms with E-state index < -0.39 is 0 Å². The summed E-state index contributed by atoms with van der Waals surface area (Å²) in [7, 11) is 0. The van der Waals surface area contributed by atoms with Crippen molar-refractivity contribution in [1.82, 2.24) is 10.3 Å². The average Bonchev–Trinajstić information content (AvgIpc) is 2.40. The van der Waals surface area contributed by atoms with Crippen LogP contribution in [0.25, 0.3) is 10.9 Å². The normalized spacial score (nSPS) is 10.6. The predicted octanol–water partition coefficient (Wildman–Crippen LogP) is 2.82. The lowest BCUT2D eigenvalue weighted by molar-refractivity contribution is 0.0952. The molecule has 0 spiro atoms. The Bertz CT molecular complexity index is 664. The van der Waals surface area contributed by atoms with Crippen molar-refractivity contribution in [3.8, 4) is 0 Å². The summed E-state index contributed by atoms with van der Waals surface area (Å²) in [5.41, 5.74) is 0.629. The van der Waals surface area contributed by atoms with Crippen LogP contribution < -0.4 is 10.7 Å². The number of carbonyl (C=O) groups is 1. The molecule has 0 fully saturated rings. The van der Waals surface area contributed by atoms with Crippen molar-refractivity contribution in [3.05, 3.63) is 44.7 Å². The highest BCUT2D eigenvalue weighted by Crippen LogP contribution is 2.15. The van der Waals surface area contributed by atoms with Crippen LogP contribution in [0.5, 0.6) is 0 Å². The zero-order valence-corrected chi connectivity index (χ0v) is 12.2. The summed E-state index contributed by atoms with van der Waals surface area (Å²) in [5, 5.41) is 3.26. The topological polar surface area (TPSA) is 62.0 Å². The molecule has 100 valence electrons. The number of fused-ring (bicyclic) bond motifs is 1. The second kappa shape index (κ2) is 6.02. The van der Waals surface area contributed by atoms with Crippen LogP contribution in [-0.2, 0) is 0 Å². The number of hydrogen-bond donors (Lipinski definition) is 2. The van der Waals surface area contributed by atoms with E-state index in [1.807, 2.05) is 13.0 Å². The minimum Gasteiger partial charge on any atom is -0.360 e. The van der Waals surface area contributed by atoms with E-state index in [2.05, 4.69) is 26.2 Å². The zero-order valence-electron chi connectivity index (χ0n) is 10.6. The molecular formula is C14H15BrN2O2. The Morgan fingerprint density at radius 2 is 2.21 bits per heavy atom. The Morgan fingerprint density at radius 3 is 2.95 bits per heavy atom. The average molecular weight is 323 g/mol. The van der Waals surface area contributed by atoms with Gasteiger partial charge >= 0.3 is 0 Å². The number of halogens is 1. The molecule has 0 aliphatic rings. The van der Waals surface area contributed by atoms with Gasteiger partial charge in [0.25, 0.3) is 5.91 Å². The van der Waals surface area contributed by atoms with Crippen molar-refractivity contribution in [2.45, 2.75) is 19.8 Å². The zero-order chi connectivity index (χ0) is 13.8. The minimum atomic E-state index is -0.323. The van der Waals surface area contributed by atoms with Crippen molar-refractivity contribution in [2.24, 2.45) is 0 Å². The van der Waals surface area contributed by atoms with E-state index >= 15 is 0 Å². The van der Waals surface area contributed by atoms with Gasteiger partial charge in [-0.1, -0.05) is 29.3 Å². The molecule has 0 unspecified atom stereocenters. The molecule has 0 atom stereocenters. The van der Waals surface area contributed by atoms with Crippen molar-refractivity contribution in [3.63, 3.8) is 0 Å². The molecule has 0 saturated carbocycles. The van der Waals surface area contributed by atoms with E-state index in [1.54, 1.807) is 12.1 Å². The van der Waals surface area contributed by atoms with Gasteiger partial charge in [0.1, 0.15) is 5.56 Å². The number of nitrogens with one attached hydrogen (secondary N) is 2. The van der Waals surface area contributed by atoms with Gasteiger partial charge in [-0.05, 0) is 24.6 Å². The van der Waals surface area contributed by atoms with Crippen molar-refractivity contribution in [2.75, 3.05) is 6.54 Å². The summed E-state index contributed by atoms with van der Waals surface area (Å²) in [6.45, 7) is 2.64. The van der Waals surface area contributed by atoms with Gasteiger partial charge in [-0.3, -0.25) is 9.59 Å².